The van der Waals surface area contributed by atoms with Crippen molar-refractivity contribution < 1.29 is 19.2 Å². The Hall–Kier alpha value is -2.74. The largest absolute Gasteiger partial charge is 0.371 e. The SMILES string of the molecule is CNCCC1CCN(c2ccc3c(c2)C(=O)N(C2CCC(=O)NC2=O)C3=O)CC1. The number of rotatable bonds is 5. The molecule has 1 aromatic rings. The average Bonchev–Trinajstić information content (AvgIpc) is 2.97. The second-order valence-corrected chi connectivity index (χ2v) is 8.00. The zero-order valence-corrected chi connectivity index (χ0v) is 16.6. The number of hydrogen-bond acceptors (Lipinski definition) is 6. The summed E-state index contributed by atoms with van der Waals surface area (Å²) in [4.78, 5) is 52.6. The van der Waals surface area contributed by atoms with Gasteiger partial charge in [0.15, 0.2) is 0 Å². The number of nitrogens with zero attached hydrogens (tertiary/aromatic N) is 2. The van der Waals surface area contributed by atoms with E-state index in [2.05, 4.69) is 15.5 Å². The van der Waals surface area contributed by atoms with Crippen molar-refractivity contribution in [2.24, 2.45) is 5.92 Å². The third kappa shape index (κ3) is 3.64. The summed E-state index contributed by atoms with van der Waals surface area (Å²) in [5.41, 5.74) is 1.60. The van der Waals surface area contributed by atoms with Crippen molar-refractivity contribution in [3.05, 3.63) is 29.3 Å². The molecular formula is C21H26N4O4. The molecule has 154 valence electrons. The Bertz CT molecular complexity index is 860. The van der Waals surface area contributed by atoms with Crippen LogP contribution in [-0.2, 0) is 9.59 Å². The molecule has 1 aromatic carbocycles. The minimum absolute atomic E-state index is 0.123. The number of imide groups is 2. The molecule has 3 aliphatic rings. The van der Waals surface area contributed by atoms with Crippen LogP contribution in [0.3, 0.4) is 0 Å². The molecule has 3 heterocycles. The van der Waals surface area contributed by atoms with E-state index in [0.717, 1.165) is 43.1 Å². The molecule has 3 aliphatic heterocycles. The van der Waals surface area contributed by atoms with Gasteiger partial charge in [0.1, 0.15) is 6.04 Å². The summed E-state index contributed by atoms with van der Waals surface area (Å²) >= 11 is 0. The maximum absolute atomic E-state index is 13.0. The van der Waals surface area contributed by atoms with Gasteiger partial charge in [-0.05, 0) is 63.4 Å². The number of anilines is 1. The van der Waals surface area contributed by atoms with Crippen LogP contribution in [-0.4, -0.2) is 61.3 Å². The van der Waals surface area contributed by atoms with Gasteiger partial charge in [-0.1, -0.05) is 0 Å². The molecule has 0 saturated carbocycles. The molecule has 8 nitrogen and oxygen atoms in total. The highest BCUT2D eigenvalue weighted by Gasteiger charge is 2.44. The fraction of sp³-hybridized carbons (Fsp3) is 0.524. The molecule has 1 atom stereocenters. The summed E-state index contributed by atoms with van der Waals surface area (Å²) in [6.45, 7) is 2.87. The number of piperidine rings is 2. The maximum atomic E-state index is 13.0. The summed E-state index contributed by atoms with van der Waals surface area (Å²) in [6, 6.07) is 4.41. The molecule has 2 saturated heterocycles. The summed E-state index contributed by atoms with van der Waals surface area (Å²) in [5.74, 6) is -1.16. The van der Waals surface area contributed by atoms with Crippen LogP contribution >= 0.6 is 0 Å². The van der Waals surface area contributed by atoms with E-state index in [9.17, 15) is 19.2 Å². The van der Waals surface area contributed by atoms with Crippen LogP contribution in [0.15, 0.2) is 18.2 Å². The summed E-state index contributed by atoms with van der Waals surface area (Å²) in [5, 5.41) is 5.42. The van der Waals surface area contributed by atoms with Crippen molar-refractivity contribution >= 4 is 29.3 Å². The van der Waals surface area contributed by atoms with E-state index in [1.165, 1.54) is 6.42 Å². The van der Waals surface area contributed by atoms with E-state index in [1.54, 1.807) is 12.1 Å². The molecule has 4 rings (SSSR count). The third-order valence-electron chi connectivity index (χ3n) is 6.21. The number of amides is 4. The van der Waals surface area contributed by atoms with Crippen molar-refractivity contribution in [3.63, 3.8) is 0 Å². The third-order valence-corrected chi connectivity index (χ3v) is 6.21. The first-order valence-corrected chi connectivity index (χ1v) is 10.2. The summed E-state index contributed by atoms with van der Waals surface area (Å²) in [6.07, 6.45) is 3.67. The monoisotopic (exact) mass is 398 g/mol. The van der Waals surface area contributed by atoms with Crippen molar-refractivity contribution in [3.8, 4) is 0 Å². The lowest BCUT2D eigenvalue weighted by Crippen LogP contribution is -2.54. The molecule has 0 spiro atoms. The highest BCUT2D eigenvalue weighted by molar-refractivity contribution is 6.23. The number of nitrogens with one attached hydrogen (secondary N) is 2. The van der Waals surface area contributed by atoms with Crippen LogP contribution in [0.1, 0.15) is 52.8 Å². The molecule has 0 aliphatic carbocycles. The Kier molecular flexibility index (Phi) is 5.36. The smallest absolute Gasteiger partial charge is 0.262 e. The van der Waals surface area contributed by atoms with Crippen LogP contribution in [0.25, 0.3) is 0 Å². The van der Waals surface area contributed by atoms with Crippen LogP contribution in [0, 0.1) is 5.92 Å². The van der Waals surface area contributed by atoms with Gasteiger partial charge in [-0.15, -0.1) is 0 Å². The normalized spacial score (nSPS) is 22.9. The zero-order valence-electron chi connectivity index (χ0n) is 16.6. The first-order valence-electron chi connectivity index (χ1n) is 10.2. The molecule has 0 radical (unpaired) electrons. The average molecular weight is 398 g/mol. The molecule has 1 unspecified atom stereocenters. The predicted octanol–water partition coefficient (Wildman–Crippen LogP) is 0.914. The van der Waals surface area contributed by atoms with Gasteiger partial charge in [0, 0.05) is 25.2 Å². The lowest BCUT2D eigenvalue weighted by Gasteiger charge is -2.33. The maximum Gasteiger partial charge on any atom is 0.262 e. The second-order valence-electron chi connectivity index (χ2n) is 8.00. The van der Waals surface area contributed by atoms with Crippen molar-refractivity contribution in [2.45, 2.75) is 38.1 Å². The highest BCUT2D eigenvalue weighted by atomic mass is 16.2. The van der Waals surface area contributed by atoms with Crippen molar-refractivity contribution in [1.29, 1.82) is 0 Å². The van der Waals surface area contributed by atoms with Gasteiger partial charge in [0.25, 0.3) is 11.8 Å². The van der Waals surface area contributed by atoms with E-state index in [4.69, 9.17) is 0 Å². The quantitative estimate of drug-likeness (QED) is 0.716. The van der Waals surface area contributed by atoms with Gasteiger partial charge in [0.05, 0.1) is 11.1 Å². The second kappa shape index (κ2) is 7.94. The lowest BCUT2D eigenvalue weighted by atomic mass is 9.93. The standard InChI is InChI=1S/C21H26N4O4/c1-22-9-6-13-7-10-24(11-8-13)14-2-3-15-16(12-14)21(29)25(20(15)28)17-4-5-18(26)23-19(17)27/h2-3,12-13,17,22H,4-11H2,1H3,(H,23,26,27). The molecular weight excluding hydrogens is 372 g/mol. The van der Waals surface area contributed by atoms with Crippen LogP contribution < -0.4 is 15.5 Å². The molecule has 2 N–H and O–H groups in total. The Balaban J connectivity index is 1.49. The van der Waals surface area contributed by atoms with Crippen LogP contribution in [0.4, 0.5) is 5.69 Å². The highest BCUT2D eigenvalue weighted by Crippen LogP contribution is 2.32. The molecule has 0 bridgehead atoms. The van der Waals surface area contributed by atoms with E-state index >= 15 is 0 Å². The Morgan fingerprint density at radius 2 is 1.76 bits per heavy atom. The van der Waals surface area contributed by atoms with E-state index < -0.39 is 23.8 Å². The lowest BCUT2D eigenvalue weighted by molar-refractivity contribution is -0.136. The molecule has 0 aromatic heterocycles. The molecule has 2 fully saturated rings. The predicted molar refractivity (Wildman–Crippen MR) is 107 cm³/mol. The number of carbonyl (C=O) groups is 4. The fourth-order valence-electron chi connectivity index (χ4n) is 4.48. The van der Waals surface area contributed by atoms with Crippen LogP contribution in [0.5, 0.6) is 0 Å². The van der Waals surface area contributed by atoms with Gasteiger partial charge in [-0.25, -0.2) is 0 Å². The minimum atomic E-state index is -0.925. The van der Waals surface area contributed by atoms with Gasteiger partial charge in [0.2, 0.25) is 11.8 Å². The number of fused-ring (bicyclic) bond motifs is 1. The first kappa shape index (κ1) is 19.6. The number of benzene rings is 1. The van der Waals surface area contributed by atoms with Gasteiger partial charge < -0.3 is 10.2 Å². The first-order chi connectivity index (χ1) is 14.0. The topological polar surface area (TPSA) is 98.8 Å². The summed E-state index contributed by atoms with van der Waals surface area (Å²) in [7, 11) is 1.97. The van der Waals surface area contributed by atoms with E-state index in [-0.39, 0.29) is 18.7 Å². The van der Waals surface area contributed by atoms with Crippen molar-refractivity contribution in [2.75, 3.05) is 31.6 Å². The minimum Gasteiger partial charge on any atom is -0.371 e. The van der Waals surface area contributed by atoms with E-state index in [1.807, 2.05) is 13.1 Å². The fourth-order valence-corrected chi connectivity index (χ4v) is 4.48. The Morgan fingerprint density at radius 1 is 1.03 bits per heavy atom. The molecule has 8 heteroatoms. The molecule has 29 heavy (non-hydrogen) atoms. The van der Waals surface area contributed by atoms with Gasteiger partial charge in [-0.3, -0.25) is 29.4 Å². The van der Waals surface area contributed by atoms with E-state index in [0.29, 0.717) is 17.0 Å². The Labute approximate surface area is 169 Å². The van der Waals surface area contributed by atoms with Gasteiger partial charge >= 0.3 is 0 Å². The summed E-state index contributed by atoms with van der Waals surface area (Å²) < 4.78 is 0. The Morgan fingerprint density at radius 3 is 2.45 bits per heavy atom. The van der Waals surface area contributed by atoms with Crippen molar-refractivity contribution in [1.82, 2.24) is 15.5 Å². The number of hydrogen-bond donors (Lipinski definition) is 2. The van der Waals surface area contributed by atoms with Gasteiger partial charge in [-0.2, -0.15) is 0 Å². The zero-order chi connectivity index (χ0) is 20.5. The van der Waals surface area contributed by atoms with Crippen LogP contribution in [0.2, 0.25) is 0 Å². The molecule has 4 amide bonds. The number of carbonyl (C=O) groups excluding carboxylic acids is 4.